The van der Waals surface area contributed by atoms with E-state index in [1.54, 1.807) is 0 Å². The maximum Gasteiger partial charge on any atom is 0.257 e. The van der Waals surface area contributed by atoms with Gasteiger partial charge in [0.2, 0.25) is 0 Å². The van der Waals surface area contributed by atoms with Crippen LogP contribution < -0.4 is 10.6 Å². The van der Waals surface area contributed by atoms with Crippen molar-refractivity contribution < 1.29 is 13.9 Å². The third-order valence-electron chi connectivity index (χ3n) is 2.74. The Morgan fingerprint density at radius 3 is 2.43 bits per heavy atom. The van der Waals surface area contributed by atoms with Crippen LogP contribution in [0.25, 0.3) is 0 Å². The van der Waals surface area contributed by atoms with Gasteiger partial charge >= 0.3 is 0 Å². The van der Waals surface area contributed by atoms with E-state index in [1.165, 1.54) is 0 Å². The van der Waals surface area contributed by atoms with E-state index < -0.39 is 13.0 Å². The largest absolute Gasteiger partial charge is 0.396 e. The normalized spacial score (nSPS) is 12.7. The zero-order valence-corrected chi connectivity index (χ0v) is 14.3. The summed E-state index contributed by atoms with van der Waals surface area (Å²) in [6.45, 7) is 2.32. The zero-order chi connectivity index (χ0) is 14.8. The van der Waals surface area contributed by atoms with Crippen LogP contribution >= 0.6 is 24.0 Å². The standard InChI is InChI=1S/C14H21F2N3O.HI/c1-2-17-14(19-9-13(15)16)18-8-12(10-20)11-6-4-3-5-7-11;/h3-7,12-13,20H,2,8-10H2,1H3,(H2,17,18,19);1H. The van der Waals surface area contributed by atoms with Crippen molar-refractivity contribution in [2.24, 2.45) is 4.99 Å². The van der Waals surface area contributed by atoms with E-state index in [9.17, 15) is 13.9 Å². The minimum absolute atomic E-state index is 0. The SMILES string of the molecule is CCNC(=NCC(F)F)NCC(CO)c1ccccc1.I. The number of halogens is 3. The van der Waals surface area contributed by atoms with Gasteiger partial charge in [0.1, 0.15) is 6.54 Å². The summed E-state index contributed by atoms with van der Waals surface area (Å²) in [7, 11) is 0. The van der Waals surface area contributed by atoms with Gasteiger partial charge in [-0.05, 0) is 12.5 Å². The first-order chi connectivity index (χ1) is 9.67. The average molecular weight is 413 g/mol. The Balaban J connectivity index is 0.00000400. The lowest BCUT2D eigenvalue weighted by molar-refractivity contribution is 0.158. The van der Waals surface area contributed by atoms with Gasteiger partial charge in [0.25, 0.3) is 6.43 Å². The molecule has 0 aliphatic carbocycles. The third kappa shape index (κ3) is 8.15. The molecule has 1 rings (SSSR count). The van der Waals surface area contributed by atoms with Crippen molar-refractivity contribution in [1.82, 2.24) is 10.6 Å². The van der Waals surface area contributed by atoms with Crippen LogP contribution in [0.15, 0.2) is 35.3 Å². The second kappa shape index (κ2) is 11.7. The number of hydrogen-bond donors (Lipinski definition) is 3. The van der Waals surface area contributed by atoms with Crippen LogP contribution in [0.4, 0.5) is 8.78 Å². The monoisotopic (exact) mass is 413 g/mol. The summed E-state index contributed by atoms with van der Waals surface area (Å²) in [6.07, 6.45) is -2.46. The van der Waals surface area contributed by atoms with Crippen LogP contribution in [0.1, 0.15) is 18.4 Å². The number of rotatable bonds is 7. The Hall–Kier alpha value is -0.960. The molecule has 0 heterocycles. The summed E-state index contributed by atoms with van der Waals surface area (Å²) < 4.78 is 24.3. The number of aliphatic hydroxyl groups excluding tert-OH is 1. The van der Waals surface area contributed by atoms with Gasteiger partial charge in [-0.15, -0.1) is 24.0 Å². The zero-order valence-electron chi connectivity index (χ0n) is 11.9. The van der Waals surface area contributed by atoms with Crippen LogP contribution in [0.3, 0.4) is 0 Å². The summed E-state index contributed by atoms with van der Waals surface area (Å²) in [5.41, 5.74) is 0.993. The lowest BCUT2D eigenvalue weighted by atomic mass is 10.0. The van der Waals surface area contributed by atoms with E-state index >= 15 is 0 Å². The molecule has 0 amide bonds. The Kier molecular flexibility index (Phi) is 11.1. The third-order valence-corrected chi connectivity index (χ3v) is 2.74. The van der Waals surface area contributed by atoms with Crippen LogP contribution in [0.2, 0.25) is 0 Å². The first-order valence-electron chi connectivity index (χ1n) is 6.63. The van der Waals surface area contributed by atoms with Crippen LogP contribution in [-0.2, 0) is 0 Å². The molecule has 4 nitrogen and oxygen atoms in total. The topological polar surface area (TPSA) is 56.7 Å². The fraction of sp³-hybridized carbons (Fsp3) is 0.500. The number of alkyl halides is 2. The van der Waals surface area contributed by atoms with Crippen molar-refractivity contribution in [2.75, 3.05) is 26.2 Å². The predicted molar refractivity (Wildman–Crippen MR) is 91.7 cm³/mol. The minimum atomic E-state index is -2.46. The summed E-state index contributed by atoms with van der Waals surface area (Å²) in [4.78, 5) is 3.78. The average Bonchev–Trinajstić information content (AvgIpc) is 2.46. The molecule has 0 spiro atoms. The molecular formula is C14H22F2IN3O. The maximum atomic E-state index is 12.2. The number of guanidine groups is 1. The van der Waals surface area contributed by atoms with E-state index in [0.717, 1.165) is 5.56 Å². The first kappa shape index (κ1) is 20.0. The molecule has 3 N–H and O–H groups in total. The van der Waals surface area contributed by atoms with Crippen molar-refractivity contribution in [3.8, 4) is 0 Å². The number of aliphatic hydroxyl groups is 1. The summed E-state index contributed by atoms with van der Waals surface area (Å²) in [5, 5.41) is 15.3. The van der Waals surface area contributed by atoms with E-state index in [1.807, 2.05) is 37.3 Å². The van der Waals surface area contributed by atoms with Crippen LogP contribution in [0.5, 0.6) is 0 Å². The molecule has 0 aliphatic heterocycles. The van der Waals surface area contributed by atoms with E-state index in [2.05, 4.69) is 15.6 Å². The van der Waals surface area contributed by atoms with Crippen molar-refractivity contribution in [2.45, 2.75) is 19.3 Å². The molecular weight excluding hydrogens is 391 g/mol. The summed E-state index contributed by atoms with van der Waals surface area (Å²) >= 11 is 0. The van der Waals surface area contributed by atoms with E-state index in [4.69, 9.17) is 0 Å². The lowest BCUT2D eigenvalue weighted by Gasteiger charge is -2.18. The quantitative estimate of drug-likeness (QED) is 0.365. The molecule has 1 atom stereocenters. The Morgan fingerprint density at radius 1 is 1.24 bits per heavy atom. The number of hydrogen-bond acceptors (Lipinski definition) is 2. The predicted octanol–water partition coefficient (Wildman–Crippen LogP) is 2.20. The second-order valence-electron chi connectivity index (χ2n) is 4.28. The first-order valence-corrected chi connectivity index (χ1v) is 6.63. The van der Waals surface area contributed by atoms with E-state index in [0.29, 0.717) is 19.0 Å². The fourth-order valence-corrected chi connectivity index (χ4v) is 1.73. The highest BCUT2D eigenvalue weighted by molar-refractivity contribution is 14.0. The molecule has 0 aromatic heterocycles. The highest BCUT2D eigenvalue weighted by atomic mass is 127. The van der Waals surface area contributed by atoms with Gasteiger partial charge in [-0.25, -0.2) is 13.8 Å². The Labute approximate surface area is 141 Å². The summed E-state index contributed by atoms with van der Waals surface area (Å²) in [6, 6.07) is 9.54. The van der Waals surface area contributed by atoms with Gasteiger partial charge in [0.05, 0.1) is 6.61 Å². The van der Waals surface area contributed by atoms with Gasteiger partial charge in [0, 0.05) is 19.0 Å². The van der Waals surface area contributed by atoms with E-state index in [-0.39, 0.29) is 36.5 Å². The molecule has 0 radical (unpaired) electrons. The molecule has 1 aromatic rings. The fourth-order valence-electron chi connectivity index (χ4n) is 1.73. The molecule has 1 unspecified atom stereocenters. The van der Waals surface area contributed by atoms with Crippen LogP contribution in [0, 0.1) is 0 Å². The molecule has 0 bridgehead atoms. The molecule has 1 aromatic carbocycles. The molecule has 0 saturated heterocycles. The van der Waals surface area contributed by atoms with Crippen molar-refractivity contribution in [3.05, 3.63) is 35.9 Å². The van der Waals surface area contributed by atoms with Crippen molar-refractivity contribution >= 4 is 29.9 Å². The molecule has 0 fully saturated rings. The molecule has 21 heavy (non-hydrogen) atoms. The van der Waals surface area contributed by atoms with Gasteiger partial charge < -0.3 is 15.7 Å². The highest BCUT2D eigenvalue weighted by Gasteiger charge is 2.11. The van der Waals surface area contributed by atoms with Gasteiger partial charge in [0.15, 0.2) is 5.96 Å². The van der Waals surface area contributed by atoms with Gasteiger partial charge in [-0.2, -0.15) is 0 Å². The van der Waals surface area contributed by atoms with Crippen molar-refractivity contribution in [1.29, 1.82) is 0 Å². The minimum Gasteiger partial charge on any atom is -0.396 e. The highest BCUT2D eigenvalue weighted by Crippen LogP contribution is 2.13. The summed E-state index contributed by atoms with van der Waals surface area (Å²) in [5.74, 6) is 0.230. The van der Waals surface area contributed by atoms with Gasteiger partial charge in [-0.1, -0.05) is 30.3 Å². The smallest absolute Gasteiger partial charge is 0.257 e. The van der Waals surface area contributed by atoms with Gasteiger partial charge in [-0.3, -0.25) is 0 Å². The molecule has 0 saturated carbocycles. The lowest BCUT2D eigenvalue weighted by Crippen LogP contribution is -2.40. The molecule has 0 aliphatic rings. The molecule has 120 valence electrons. The Bertz CT molecular complexity index is 404. The number of nitrogens with one attached hydrogen (secondary N) is 2. The number of nitrogens with zero attached hydrogens (tertiary/aromatic N) is 1. The molecule has 7 heteroatoms. The maximum absolute atomic E-state index is 12.2. The number of aliphatic imine (C=N–C) groups is 1. The van der Waals surface area contributed by atoms with Crippen molar-refractivity contribution in [3.63, 3.8) is 0 Å². The Morgan fingerprint density at radius 2 is 1.90 bits per heavy atom. The second-order valence-corrected chi connectivity index (χ2v) is 4.28. The van der Waals surface area contributed by atoms with Crippen LogP contribution in [-0.4, -0.2) is 43.7 Å². The number of benzene rings is 1.